The van der Waals surface area contributed by atoms with Gasteiger partial charge < -0.3 is 16.4 Å². The molecule has 2 rings (SSSR count). The van der Waals surface area contributed by atoms with Crippen LogP contribution >= 0.6 is 0 Å². The Bertz CT molecular complexity index is 574. The van der Waals surface area contributed by atoms with Crippen molar-refractivity contribution in [1.29, 1.82) is 0 Å². The molecule has 1 saturated carbocycles. The number of aliphatic imine (C=N–C) groups is 1. The van der Waals surface area contributed by atoms with Crippen LogP contribution in [0.1, 0.15) is 55.5 Å². The minimum atomic E-state index is -0.400. The highest BCUT2D eigenvalue weighted by Crippen LogP contribution is 2.45. The quantitative estimate of drug-likeness (QED) is 0.531. The number of nitrogens with two attached hydrogens (primary N) is 1. The highest BCUT2D eigenvalue weighted by atomic mass is 16.1. The maximum Gasteiger partial charge on any atom is 0.248 e. The first-order chi connectivity index (χ1) is 11.4. The van der Waals surface area contributed by atoms with Crippen LogP contribution in [0.25, 0.3) is 0 Å². The number of benzene rings is 1. The Morgan fingerprint density at radius 3 is 2.38 bits per heavy atom. The van der Waals surface area contributed by atoms with Gasteiger partial charge >= 0.3 is 0 Å². The highest BCUT2D eigenvalue weighted by Gasteiger charge is 2.37. The Kier molecular flexibility index (Phi) is 6.23. The first kappa shape index (κ1) is 18.3. The Hall–Kier alpha value is -2.04. The van der Waals surface area contributed by atoms with Gasteiger partial charge in [0.2, 0.25) is 5.91 Å². The van der Waals surface area contributed by atoms with Gasteiger partial charge in [-0.15, -0.1) is 0 Å². The largest absolute Gasteiger partial charge is 0.366 e. The molecule has 0 bridgehead atoms. The van der Waals surface area contributed by atoms with Gasteiger partial charge in [0.1, 0.15) is 0 Å². The molecule has 0 atom stereocenters. The van der Waals surface area contributed by atoms with E-state index in [4.69, 9.17) is 5.73 Å². The molecule has 1 fully saturated rings. The number of nitrogens with zero attached hydrogens (tertiary/aromatic N) is 1. The van der Waals surface area contributed by atoms with Crippen molar-refractivity contribution in [2.24, 2.45) is 22.1 Å². The zero-order chi connectivity index (χ0) is 17.6. The first-order valence-corrected chi connectivity index (χ1v) is 8.77. The van der Waals surface area contributed by atoms with Crippen LogP contribution in [0.15, 0.2) is 29.3 Å². The summed E-state index contributed by atoms with van der Waals surface area (Å²) in [5.41, 5.74) is 7.31. The minimum Gasteiger partial charge on any atom is -0.366 e. The molecule has 0 heterocycles. The van der Waals surface area contributed by atoms with E-state index in [9.17, 15) is 4.79 Å². The van der Waals surface area contributed by atoms with Gasteiger partial charge in [-0.05, 0) is 48.3 Å². The molecule has 4 N–H and O–H groups in total. The standard InChI is InChI=1S/C19H30N4O/c1-14(2)11-19(9-4-10-19)13-23-18(21-3)22-12-15-5-7-16(8-6-15)17(20)24/h5-8,14H,4,9-13H2,1-3H3,(H2,20,24)(H2,21,22,23). The average molecular weight is 330 g/mol. The summed E-state index contributed by atoms with van der Waals surface area (Å²) in [4.78, 5) is 15.4. The van der Waals surface area contributed by atoms with E-state index in [1.165, 1.54) is 25.7 Å². The second-order valence-electron chi connectivity index (χ2n) is 7.29. The fraction of sp³-hybridized carbons (Fsp3) is 0.579. The monoisotopic (exact) mass is 330 g/mol. The molecule has 0 aliphatic heterocycles. The third-order valence-electron chi connectivity index (χ3n) is 4.81. The van der Waals surface area contributed by atoms with Crippen LogP contribution in [-0.2, 0) is 6.54 Å². The van der Waals surface area contributed by atoms with E-state index < -0.39 is 5.91 Å². The van der Waals surface area contributed by atoms with Crippen LogP contribution < -0.4 is 16.4 Å². The SMILES string of the molecule is CN=C(NCc1ccc(C(N)=O)cc1)NCC1(CC(C)C)CCC1. The van der Waals surface area contributed by atoms with Crippen LogP contribution in [0.3, 0.4) is 0 Å². The smallest absolute Gasteiger partial charge is 0.248 e. The molecule has 1 aromatic carbocycles. The lowest BCUT2D eigenvalue weighted by Gasteiger charge is -2.43. The van der Waals surface area contributed by atoms with Crippen molar-refractivity contribution in [3.8, 4) is 0 Å². The zero-order valence-electron chi connectivity index (χ0n) is 15.1. The predicted octanol–water partition coefficient (Wildman–Crippen LogP) is 2.67. The van der Waals surface area contributed by atoms with Crippen LogP contribution in [0.2, 0.25) is 0 Å². The number of rotatable bonds is 7. The molecule has 0 unspecified atom stereocenters. The van der Waals surface area contributed by atoms with Crippen molar-refractivity contribution < 1.29 is 4.79 Å². The summed E-state index contributed by atoms with van der Waals surface area (Å²) >= 11 is 0. The van der Waals surface area contributed by atoms with Crippen molar-refractivity contribution in [3.63, 3.8) is 0 Å². The van der Waals surface area contributed by atoms with Crippen LogP contribution in [0.4, 0.5) is 0 Å². The number of primary amides is 1. The molecular formula is C19H30N4O. The molecule has 132 valence electrons. The van der Waals surface area contributed by atoms with Gasteiger partial charge in [0.05, 0.1) is 0 Å². The van der Waals surface area contributed by atoms with Gasteiger partial charge in [0.25, 0.3) is 0 Å². The first-order valence-electron chi connectivity index (χ1n) is 8.77. The molecule has 5 heteroatoms. The molecule has 0 spiro atoms. The van der Waals surface area contributed by atoms with Crippen LogP contribution in [0.5, 0.6) is 0 Å². The maximum atomic E-state index is 11.1. The molecule has 5 nitrogen and oxygen atoms in total. The van der Waals surface area contributed by atoms with Gasteiger partial charge in [-0.1, -0.05) is 32.4 Å². The summed E-state index contributed by atoms with van der Waals surface area (Å²) in [7, 11) is 1.79. The van der Waals surface area contributed by atoms with Crippen molar-refractivity contribution in [2.75, 3.05) is 13.6 Å². The molecular weight excluding hydrogens is 300 g/mol. The lowest BCUT2D eigenvalue weighted by molar-refractivity contribution is 0.1000. The molecule has 0 saturated heterocycles. The van der Waals surface area contributed by atoms with Gasteiger partial charge in [0, 0.05) is 25.7 Å². The van der Waals surface area contributed by atoms with Gasteiger partial charge in [0.15, 0.2) is 5.96 Å². The van der Waals surface area contributed by atoms with E-state index in [2.05, 4.69) is 29.5 Å². The van der Waals surface area contributed by atoms with E-state index in [0.29, 0.717) is 17.5 Å². The maximum absolute atomic E-state index is 11.1. The Morgan fingerprint density at radius 2 is 1.92 bits per heavy atom. The fourth-order valence-electron chi connectivity index (χ4n) is 3.46. The molecule has 1 aliphatic carbocycles. The number of carbonyl (C=O) groups is 1. The zero-order valence-corrected chi connectivity index (χ0v) is 15.1. The van der Waals surface area contributed by atoms with Crippen LogP contribution in [0, 0.1) is 11.3 Å². The van der Waals surface area contributed by atoms with Crippen molar-refractivity contribution in [2.45, 2.75) is 46.1 Å². The van der Waals surface area contributed by atoms with E-state index in [1.54, 1.807) is 19.2 Å². The number of hydrogen-bond acceptors (Lipinski definition) is 2. The van der Waals surface area contributed by atoms with E-state index in [-0.39, 0.29) is 0 Å². The van der Waals surface area contributed by atoms with E-state index >= 15 is 0 Å². The Labute approximate surface area is 145 Å². The Balaban J connectivity index is 1.83. The van der Waals surface area contributed by atoms with Crippen molar-refractivity contribution in [3.05, 3.63) is 35.4 Å². The number of amides is 1. The van der Waals surface area contributed by atoms with E-state index in [1.807, 2.05) is 12.1 Å². The average Bonchev–Trinajstić information content (AvgIpc) is 2.52. The molecule has 24 heavy (non-hydrogen) atoms. The molecule has 1 aromatic rings. The third kappa shape index (κ3) is 4.98. The highest BCUT2D eigenvalue weighted by molar-refractivity contribution is 5.92. The van der Waals surface area contributed by atoms with Gasteiger partial charge in [-0.2, -0.15) is 0 Å². The molecule has 1 amide bonds. The fourth-order valence-corrected chi connectivity index (χ4v) is 3.46. The molecule has 0 radical (unpaired) electrons. The second-order valence-corrected chi connectivity index (χ2v) is 7.29. The van der Waals surface area contributed by atoms with Crippen molar-refractivity contribution >= 4 is 11.9 Å². The third-order valence-corrected chi connectivity index (χ3v) is 4.81. The molecule has 0 aromatic heterocycles. The number of hydrogen-bond donors (Lipinski definition) is 3. The topological polar surface area (TPSA) is 79.5 Å². The summed E-state index contributed by atoms with van der Waals surface area (Å²) in [6, 6.07) is 7.32. The summed E-state index contributed by atoms with van der Waals surface area (Å²) in [5, 5.41) is 6.81. The summed E-state index contributed by atoms with van der Waals surface area (Å²) < 4.78 is 0. The number of carbonyl (C=O) groups excluding carboxylic acids is 1. The normalized spacial score (nSPS) is 16.6. The molecule has 1 aliphatic rings. The number of nitrogens with one attached hydrogen (secondary N) is 2. The predicted molar refractivity (Wildman–Crippen MR) is 98.9 cm³/mol. The van der Waals surface area contributed by atoms with Gasteiger partial charge in [-0.25, -0.2) is 0 Å². The summed E-state index contributed by atoms with van der Waals surface area (Å²) in [6.45, 7) is 6.23. The van der Waals surface area contributed by atoms with Gasteiger partial charge in [-0.3, -0.25) is 9.79 Å². The summed E-state index contributed by atoms with van der Waals surface area (Å²) in [6.07, 6.45) is 5.23. The Morgan fingerprint density at radius 1 is 1.25 bits per heavy atom. The number of guanidine groups is 1. The van der Waals surface area contributed by atoms with E-state index in [0.717, 1.165) is 24.0 Å². The van der Waals surface area contributed by atoms with Crippen molar-refractivity contribution in [1.82, 2.24) is 10.6 Å². The second kappa shape index (κ2) is 8.18. The minimum absolute atomic E-state index is 0.400. The summed E-state index contributed by atoms with van der Waals surface area (Å²) in [5.74, 6) is 1.15. The van der Waals surface area contributed by atoms with Crippen LogP contribution in [-0.4, -0.2) is 25.5 Å². The lowest BCUT2D eigenvalue weighted by Crippen LogP contribution is -2.46. The lowest BCUT2D eigenvalue weighted by atomic mass is 9.64.